The second-order valence-electron chi connectivity index (χ2n) is 6.67. The summed E-state index contributed by atoms with van der Waals surface area (Å²) in [5.41, 5.74) is 2.51. The summed E-state index contributed by atoms with van der Waals surface area (Å²) in [5, 5.41) is 0.380. The topological polar surface area (TPSA) is 9.23 Å². The summed E-state index contributed by atoms with van der Waals surface area (Å²) in [7, 11) is 1.61. The van der Waals surface area contributed by atoms with Crippen molar-refractivity contribution < 1.29 is 22.3 Å². The molecule has 29 heavy (non-hydrogen) atoms. The molecule has 0 aliphatic rings. The maximum atomic E-state index is 14.3. The van der Waals surface area contributed by atoms with Gasteiger partial charge in [0.2, 0.25) is 0 Å². The van der Waals surface area contributed by atoms with E-state index in [1.54, 1.807) is 19.2 Å². The molecule has 0 saturated heterocycles. The molecule has 4 aromatic rings. The Hall–Kier alpha value is -3.34. The average molecular weight is 396 g/mol. The van der Waals surface area contributed by atoms with E-state index in [4.69, 9.17) is 4.74 Å². The Balaban J connectivity index is 1.67. The van der Waals surface area contributed by atoms with Crippen molar-refractivity contribution in [1.82, 2.24) is 0 Å². The first kappa shape index (κ1) is 19.0. The van der Waals surface area contributed by atoms with E-state index in [0.29, 0.717) is 5.39 Å². The highest BCUT2D eigenvalue weighted by molar-refractivity contribution is 5.88. The van der Waals surface area contributed by atoms with Gasteiger partial charge in [-0.2, -0.15) is 13.2 Å². The lowest BCUT2D eigenvalue weighted by Crippen LogP contribution is -2.08. The van der Waals surface area contributed by atoms with Gasteiger partial charge in [0, 0.05) is 5.39 Å². The Morgan fingerprint density at radius 1 is 0.655 bits per heavy atom. The van der Waals surface area contributed by atoms with Crippen LogP contribution in [0.4, 0.5) is 17.6 Å². The summed E-state index contributed by atoms with van der Waals surface area (Å²) in [5.74, 6) is -0.459. The number of halogens is 4. The lowest BCUT2D eigenvalue weighted by molar-refractivity contribution is -0.139. The van der Waals surface area contributed by atoms with Gasteiger partial charge >= 0.3 is 6.18 Å². The molecule has 5 heteroatoms. The summed E-state index contributed by atoms with van der Waals surface area (Å²) in [6, 6.07) is 22.3. The van der Waals surface area contributed by atoms with E-state index in [2.05, 4.69) is 0 Å². The van der Waals surface area contributed by atoms with Gasteiger partial charge in [0.15, 0.2) is 0 Å². The third-order valence-electron chi connectivity index (χ3n) is 4.90. The van der Waals surface area contributed by atoms with Crippen LogP contribution in [0.3, 0.4) is 0 Å². The Kier molecular flexibility index (Phi) is 4.74. The molecule has 0 saturated carbocycles. The van der Waals surface area contributed by atoms with Crippen LogP contribution in [0.2, 0.25) is 0 Å². The molecule has 0 aromatic heterocycles. The highest BCUT2D eigenvalue weighted by Gasteiger charge is 2.34. The van der Waals surface area contributed by atoms with Gasteiger partial charge in [-0.3, -0.25) is 0 Å². The molecule has 4 aromatic carbocycles. The van der Waals surface area contributed by atoms with E-state index in [9.17, 15) is 17.6 Å². The van der Waals surface area contributed by atoms with E-state index in [-0.39, 0.29) is 5.39 Å². The van der Waals surface area contributed by atoms with Crippen LogP contribution in [-0.2, 0) is 6.18 Å². The van der Waals surface area contributed by atoms with E-state index in [1.807, 2.05) is 48.5 Å². The maximum Gasteiger partial charge on any atom is 0.419 e. The van der Waals surface area contributed by atoms with Crippen LogP contribution < -0.4 is 4.74 Å². The maximum absolute atomic E-state index is 14.3. The highest BCUT2D eigenvalue weighted by atomic mass is 19.4. The molecular weight excluding hydrogens is 380 g/mol. The molecule has 0 fully saturated rings. The Morgan fingerprint density at radius 3 is 1.72 bits per heavy atom. The third-order valence-corrected chi connectivity index (χ3v) is 4.90. The van der Waals surface area contributed by atoms with Crippen LogP contribution in [0.1, 0.15) is 5.56 Å². The van der Waals surface area contributed by atoms with Gasteiger partial charge in [0.05, 0.1) is 12.7 Å². The summed E-state index contributed by atoms with van der Waals surface area (Å²) in [6.07, 6.45) is -4.71. The first-order valence-corrected chi connectivity index (χ1v) is 8.91. The van der Waals surface area contributed by atoms with E-state index in [0.717, 1.165) is 34.1 Å². The zero-order valence-corrected chi connectivity index (χ0v) is 15.4. The molecule has 146 valence electrons. The quantitative estimate of drug-likeness (QED) is 0.329. The molecule has 0 bridgehead atoms. The number of fused-ring (bicyclic) bond motifs is 1. The number of rotatable bonds is 3. The minimum atomic E-state index is -4.71. The van der Waals surface area contributed by atoms with Crippen LogP contribution >= 0.6 is 0 Å². The van der Waals surface area contributed by atoms with Crippen LogP contribution in [-0.4, -0.2) is 7.11 Å². The van der Waals surface area contributed by atoms with Gasteiger partial charge < -0.3 is 4.74 Å². The molecular formula is C24H16F4O. The summed E-state index contributed by atoms with van der Waals surface area (Å²) in [6.45, 7) is 0. The number of ether oxygens (including phenoxy) is 1. The molecule has 0 heterocycles. The molecule has 1 nitrogen and oxygen atoms in total. The van der Waals surface area contributed by atoms with Crippen molar-refractivity contribution in [3.05, 3.63) is 90.2 Å². The van der Waals surface area contributed by atoms with Crippen molar-refractivity contribution in [3.63, 3.8) is 0 Å². The minimum Gasteiger partial charge on any atom is -0.497 e. The van der Waals surface area contributed by atoms with Crippen LogP contribution in [0.25, 0.3) is 33.0 Å². The molecule has 0 spiro atoms. The van der Waals surface area contributed by atoms with Crippen LogP contribution in [0.15, 0.2) is 78.9 Å². The predicted molar refractivity (Wildman–Crippen MR) is 106 cm³/mol. The van der Waals surface area contributed by atoms with Gasteiger partial charge in [-0.15, -0.1) is 0 Å². The van der Waals surface area contributed by atoms with Gasteiger partial charge in [-0.1, -0.05) is 54.6 Å². The smallest absolute Gasteiger partial charge is 0.419 e. The summed E-state index contributed by atoms with van der Waals surface area (Å²) < 4.78 is 58.1. The molecule has 0 atom stereocenters. The largest absolute Gasteiger partial charge is 0.497 e. The number of hydrogen-bond donors (Lipinski definition) is 0. The first-order valence-electron chi connectivity index (χ1n) is 8.91. The number of benzene rings is 4. The number of methoxy groups -OCH3 is 1. The normalized spacial score (nSPS) is 11.6. The lowest BCUT2D eigenvalue weighted by Gasteiger charge is -2.11. The van der Waals surface area contributed by atoms with E-state index >= 15 is 0 Å². The van der Waals surface area contributed by atoms with Crippen LogP contribution in [0, 0.1) is 5.82 Å². The second-order valence-corrected chi connectivity index (χ2v) is 6.67. The third kappa shape index (κ3) is 3.68. The van der Waals surface area contributed by atoms with E-state index in [1.165, 1.54) is 12.1 Å². The van der Waals surface area contributed by atoms with E-state index < -0.39 is 17.6 Å². The minimum absolute atomic E-state index is 0.0431. The number of hydrogen-bond acceptors (Lipinski definition) is 1. The predicted octanol–water partition coefficient (Wildman–Crippen LogP) is 7.34. The Labute approximate surface area is 165 Å². The molecule has 0 amide bonds. The van der Waals surface area contributed by atoms with Crippen molar-refractivity contribution >= 4 is 10.8 Å². The monoisotopic (exact) mass is 396 g/mol. The fourth-order valence-corrected chi connectivity index (χ4v) is 3.33. The Bertz CT molecular complexity index is 1160. The van der Waals surface area contributed by atoms with Gasteiger partial charge in [0.1, 0.15) is 11.6 Å². The molecule has 4 rings (SSSR count). The standard InChI is InChI=1S/C24H16F4O/c1-29-20-10-6-16(7-11-20)15-2-4-17(5-3-15)18-8-12-21-19(14-18)9-13-22(23(21)25)24(26,27)28/h2-14H,1H3. The molecule has 0 N–H and O–H groups in total. The fourth-order valence-electron chi connectivity index (χ4n) is 3.33. The average Bonchev–Trinajstić information content (AvgIpc) is 2.73. The summed E-state index contributed by atoms with van der Waals surface area (Å²) in [4.78, 5) is 0. The van der Waals surface area contributed by atoms with Gasteiger partial charge in [0.25, 0.3) is 0 Å². The molecule has 0 unspecified atom stereocenters. The number of alkyl halides is 3. The Morgan fingerprint density at radius 2 is 1.17 bits per heavy atom. The van der Waals surface area contributed by atoms with Crippen molar-refractivity contribution in [3.8, 4) is 28.0 Å². The lowest BCUT2D eigenvalue weighted by atomic mass is 9.97. The van der Waals surface area contributed by atoms with Crippen molar-refractivity contribution in [2.24, 2.45) is 0 Å². The van der Waals surface area contributed by atoms with Crippen molar-refractivity contribution in [1.29, 1.82) is 0 Å². The summed E-state index contributed by atoms with van der Waals surface area (Å²) >= 11 is 0. The first-order chi connectivity index (χ1) is 13.9. The van der Waals surface area contributed by atoms with Crippen LogP contribution in [0.5, 0.6) is 5.75 Å². The van der Waals surface area contributed by atoms with Gasteiger partial charge in [-0.05, 0) is 51.9 Å². The van der Waals surface area contributed by atoms with Crippen molar-refractivity contribution in [2.75, 3.05) is 7.11 Å². The molecule has 0 radical (unpaired) electrons. The fraction of sp³-hybridized carbons (Fsp3) is 0.0833. The highest BCUT2D eigenvalue weighted by Crippen LogP contribution is 2.36. The second kappa shape index (κ2) is 7.24. The molecule has 0 aliphatic carbocycles. The molecule has 0 aliphatic heterocycles. The zero-order chi connectivity index (χ0) is 20.6. The van der Waals surface area contributed by atoms with Gasteiger partial charge in [-0.25, -0.2) is 4.39 Å². The SMILES string of the molecule is COc1ccc(-c2ccc(-c3ccc4c(F)c(C(F)(F)F)ccc4c3)cc2)cc1. The van der Waals surface area contributed by atoms with Crippen molar-refractivity contribution in [2.45, 2.75) is 6.18 Å². The zero-order valence-electron chi connectivity index (χ0n) is 15.4.